The van der Waals surface area contributed by atoms with Crippen LogP contribution in [0.2, 0.25) is 0 Å². The Kier molecular flexibility index (Phi) is 9.71. The number of β-amino-alcohol motifs (C(OH)–C–C–N with tert-alkyl or cyclic N) is 1. The summed E-state index contributed by atoms with van der Waals surface area (Å²) in [7, 11) is 3.11. The third kappa shape index (κ3) is 7.92. The van der Waals surface area contributed by atoms with Crippen LogP contribution >= 0.6 is 0 Å². The van der Waals surface area contributed by atoms with Crippen molar-refractivity contribution in [1.29, 1.82) is 0 Å². The van der Waals surface area contributed by atoms with Crippen molar-refractivity contribution >= 4 is 17.8 Å². The van der Waals surface area contributed by atoms with Crippen molar-refractivity contribution in [3.05, 3.63) is 83.7 Å². The number of carbonyl (C=O) groups excluding carboxylic acids is 1. The van der Waals surface area contributed by atoms with E-state index in [4.69, 9.17) is 14.2 Å². The molecule has 4 rings (SSSR count). The maximum Gasteiger partial charge on any atom is 0.271 e. The molecule has 0 aliphatic carbocycles. The molecule has 1 heterocycles. The van der Waals surface area contributed by atoms with Gasteiger partial charge in [0.2, 0.25) is 0 Å². The van der Waals surface area contributed by atoms with Crippen LogP contribution < -0.4 is 24.5 Å². The number of nitrogens with zero attached hydrogens (tertiary/aromatic N) is 3. The molecule has 0 aromatic heterocycles. The minimum absolute atomic E-state index is 0.138. The Balaban J connectivity index is 1.18. The highest BCUT2D eigenvalue weighted by Gasteiger charge is 2.20. The number of piperazine rings is 1. The van der Waals surface area contributed by atoms with Crippen LogP contribution in [-0.2, 0) is 0 Å². The Bertz CT molecular complexity index is 1250. The summed E-state index contributed by atoms with van der Waals surface area (Å²) in [6.45, 7) is 3.84. The second-order valence-corrected chi connectivity index (χ2v) is 9.07. The maximum absolute atomic E-state index is 13.2. The lowest BCUT2D eigenvalue weighted by molar-refractivity contribution is 0.0663. The van der Waals surface area contributed by atoms with Gasteiger partial charge in [-0.25, -0.2) is 9.82 Å². The van der Waals surface area contributed by atoms with Crippen molar-refractivity contribution in [3.63, 3.8) is 0 Å². The van der Waals surface area contributed by atoms with Gasteiger partial charge in [0.05, 0.1) is 20.4 Å². The van der Waals surface area contributed by atoms with E-state index in [9.17, 15) is 14.3 Å². The van der Waals surface area contributed by atoms with E-state index in [0.29, 0.717) is 29.4 Å². The van der Waals surface area contributed by atoms with Crippen molar-refractivity contribution < 1.29 is 28.5 Å². The summed E-state index contributed by atoms with van der Waals surface area (Å²) in [6.07, 6.45) is 0.859. The summed E-state index contributed by atoms with van der Waals surface area (Å²) in [6, 6.07) is 18.5. The van der Waals surface area contributed by atoms with Crippen LogP contribution in [0.25, 0.3) is 0 Å². The van der Waals surface area contributed by atoms with E-state index < -0.39 is 6.10 Å². The molecule has 2 N–H and O–H groups in total. The molecule has 1 unspecified atom stereocenters. The van der Waals surface area contributed by atoms with E-state index in [1.165, 1.54) is 18.3 Å². The summed E-state index contributed by atoms with van der Waals surface area (Å²) < 4.78 is 29.3. The second-order valence-electron chi connectivity index (χ2n) is 9.07. The number of aliphatic hydroxyl groups excluding tert-OH is 1. The van der Waals surface area contributed by atoms with Gasteiger partial charge in [0.25, 0.3) is 5.91 Å². The number of methoxy groups -OCH3 is 2. The molecule has 206 valence electrons. The first-order valence-corrected chi connectivity index (χ1v) is 12.6. The Morgan fingerprint density at radius 1 is 1.00 bits per heavy atom. The van der Waals surface area contributed by atoms with Crippen molar-refractivity contribution in [3.8, 4) is 17.2 Å². The normalized spacial score (nSPS) is 14.7. The monoisotopic (exact) mass is 536 g/mol. The number of carbonyl (C=O) groups is 1. The number of hydrogen-bond acceptors (Lipinski definition) is 8. The quantitative estimate of drug-likeness (QED) is 0.287. The average Bonchev–Trinajstić information content (AvgIpc) is 2.97. The fraction of sp³-hybridized carbons (Fsp3) is 0.310. The van der Waals surface area contributed by atoms with Crippen LogP contribution in [0, 0.1) is 5.82 Å². The molecule has 39 heavy (non-hydrogen) atoms. The van der Waals surface area contributed by atoms with Gasteiger partial charge in [-0.2, -0.15) is 5.10 Å². The number of halogens is 1. The van der Waals surface area contributed by atoms with Crippen LogP contribution in [-0.4, -0.2) is 81.8 Å². The molecule has 0 saturated carbocycles. The van der Waals surface area contributed by atoms with Gasteiger partial charge < -0.3 is 24.2 Å². The van der Waals surface area contributed by atoms with Gasteiger partial charge in [0, 0.05) is 44.0 Å². The van der Waals surface area contributed by atoms with E-state index in [0.717, 1.165) is 37.4 Å². The summed E-state index contributed by atoms with van der Waals surface area (Å²) in [5.41, 5.74) is 4.66. The van der Waals surface area contributed by atoms with Gasteiger partial charge in [0.1, 0.15) is 24.3 Å². The molecule has 1 atom stereocenters. The van der Waals surface area contributed by atoms with Gasteiger partial charge in [-0.3, -0.25) is 9.69 Å². The second kappa shape index (κ2) is 13.6. The van der Waals surface area contributed by atoms with E-state index in [2.05, 4.69) is 20.3 Å². The van der Waals surface area contributed by atoms with Crippen LogP contribution in [0.15, 0.2) is 71.8 Å². The first-order chi connectivity index (χ1) is 18.9. The lowest BCUT2D eigenvalue weighted by atomic mass is 10.2. The third-order valence-corrected chi connectivity index (χ3v) is 6.38. The number of rotatable bonds is 11. The topological polar surface area (TPSA) is 95.9 Å². The molecule has 0 radical (unpaired) electrons. The zero-order chi connectivity index (χ0) is 27.6. The largest absolute Gasteiger partial charge is 0.493 e. The Hall–Kier alpha value is -4.15. The minimum atomic E-state index is -0.656. The molecule has 10 heteroatoms. The standard InChI is InChI=1S/C29H33FN4O5/c1-37-27-12-3-21(17-28(27)38-2)18-31-32-29(36)22-4-10-26(11-5-22)39-20-25(35)19-33-13-15-34(16-14-33)24-8-6-23(30)7-9-24/h3-12,17-18,25,35H,13-16,19-20H2,1-2H3,(H,32,36). The number of ether oxygens (including phenoxy) is 3. The van der Waals surface area contributed by atoms with Gasteiger partial charge in [-0.05, 0) is 72.3 Å². The highest BCUT2D eigenvalue weighted by atomic mass is 19.1. The number of hydrogen-bond donors (Lipinski definition) is 2. The maximum atomic E-state index is 13.2. The fourth-order valence-electron chi connectivity index (χ4n) is 4.25. The van der Waals surface area contributed by atoms with Gasteiger partial charge in [-0.1, -0.05) is 0 Å². The van der Waals surface area contributed by atoms with Crippen LogP contribution in [0.4, 0.5) is 10.1 Å². The van der Waals surface area contributed by atoms with Crippen molar-refractivity contribution in [2.24, 2.45) is 5.10 Å². The van der Waals surface area contributed by atoms with E-state index in [1.807, 2.05) is 0 Å². The third-order valence-electron chi connectivity index (χ3n) is 6.38. The van der Waals surface area contributed by atoms with E-state index >= 15 is 0 Å². The molecule has 9 nitrogen and oxygen atoms in total. The highest BCUT2D eigenvalue weighted by molar-refractivity contribution is 5.95. The molecule has 3 aromatic carbocycles. The van der Waals surface area contributed by atoms with Crippen LogP contribution in [0.5, 0.6) is 17.2 Å². The number of anilines is 1. The summed E-state index contributed by atoms with van der Waals surface area (Å²) >= 11 is 0. The van der Waals surface area contributed by atoms with Crippen molar-refractivity contribution in [2.75, 3.05) is 58.5 Å². The van der Waals surface area contributed by atoms with Crippen LogP contribution in [0.1, 0.15) is 15.9 Å². The number of nitrogens with one attached hydrogen (secondary N) is 1. The average molecular weight is 537 g/mol. The van der Waals surface area contributed by atoms with Gasteiger partial charge in [0.15, 0.2) is 11.5 Å². The Morgan fingerprint density at radius 2 is 1.69 bits per heavy atom. The fourth-order valence-corrected chi connectivity index (χ4v) is 4.25. The predicted octanol–water partition coefficient (Wildman–Crippen LogP) is 3.17. The van der Waals surface area contributed by atoms with E-state index in [1.54, 1.807) is 68.8 Å². The van der Waals surface area contributed by atoms with Crippen molar-refractivity contribution in [2.45, 2.75) is 6.10 Å². The molecule has 1 amide bonds. The Labute approximate surface area is 227 Å². The summed E-state index contributed by atoms with van der Waals surface area (Å²) in [4.78, 5) is 16.8. The summed E-state index contributed by atoms with van der Waals surface area (Å²) in [5, 5.41) is 14.5. The van der Waals surface area contributed by atoms with Crippen LogP contribution in [0.3, 0.4) is 0 Å². The lowest BCUT2D eigenvalue weighted by Gasteiger charge is -2.36. The first-order valence-electron chi connectivity index (χ1n) is 12.6. The van der Waals surface area contributed by atoms with E-state index in [-0.39, 0.29) is 18.3 Å². The zero-order valence-corrected chi connectivity index (χ0v) is 22.0. The zero-order valence-electron chi connectivity index (χ0n) is 22.0. The predicted molar refractivity (Wildman–Crippen MR) is 148 cm³/mol. The minimum Gasteiger partial charge on any atom is -0.493 e. The molecule has 1 saturated heterocycles. The molecular formula is C29H33FN4O5. The molecule has 1 fully saturated rings. The smallest absolute Gasteiger partial charge is 0.271 e. The van der Waals surface area contributed by atoms with Gasteiger partial charge >= 0.3 is 0 Å². The molecule has 0 bridgehead atoms. The SMILES string of the molecule is COc1ccc(C=NNC(=O)c2ccc(OCC(O)CN3CCN(c4ccc(F)cc4)CC3)cc2)cc1OC. The molecule has 1 aliphatic rings. The molecule has 0 spiro atoms. The molecular weight excluding hydrogens is 503 g/mol. The lowest BCUT2D eigenvalue weighted by Crippen LogP contribution is -2.49. The highest BCUT2D eigenvalue weighted by Crippen LogP contribution is 2.26. The number of hydrazone groups is 1. The molecule has 1 aliphatic heterocycles. The number of benzene rings is 3. The number of aliphatic hydroxyl groups is 1. The number of amides is 1. The summed E-state index contributed by atoms with van der Waals surface area (Å²) in [5.74, 6) is 1.13. The molecule has 3 aromatic rings. The van der Waals surface area contributed by atoms with Crippen molar-refractivity contribution in [1.82, 2.24) is 10.3 Å². The first kappa shape index (κ1) is 27.9. The Morgan fingerprint density at radius 3 is 2.36 bits per heavy atom. The van der Waals surface area contributed by atoms with Gasteiger partial charge in [-0.15, -0.1) is 0 Å².